The molecule has 0 amide bonds. The number of methoxy groups -OCH3 is 1. The highest BCUT2D eigenvalue weighted by Gasteiger charge is 2.29. The van der Waals surface area contributed by atoms with Gasteiger partial charge in [-0.3, -0.25) is 9.59 Å². The Bertz CT molecular complexity index is 895. The number of esters is 1. The van der Waals surface area contributed by atoms with Gasteiger partial charge in [0.25, 0.3) is 0 Å². The molecule has 2 aromatic carbocycles. The van der Waals surface area contributed by atoms with Gasteiger partial charge in [-0.05, 0) is 68.9 Å². The van der Waals surface area contributed by atoms with E-state index in [9.17, 15) is 9.59 Å². The molecule has 2 aromatic rings. The molecule has 0 aliphatic heterocycles. The van der Waals surface area contributed by atoms with Crippen molar-refractivity contribution in [3.05, 3.63) is 77.4 Å². The van der Waals surface area contributed by atoms with E-state index in [1.807, 2.05) is 37.3 Å². The molecule has 0 fully saturated rings. The average molecular weight is 451 g/mol. The summed E-state index contributed by atoms with van der Waals surface area (Å²) < 4.78 is 10.8. The third-order valence-electron chi connectivity index (χ3n) is 6.09. The Labute approximate surface area is 199 Å². The zero-order valence-electron chi connectivity index (χ0n) is 20.7. The van der Waals surface area contributed by atoms with Gasteiger partial charge in [0, 0.05) is 17.4 Å². The van der Waals surface area contributed by atoms with Crippen molar-refractivity contribution in [2.75, 3.05) is 13.7 Å². The topological polar surface area (TPSA) is 52.6 Å². The number of rotatable bonds is 13. The molecule has 0 saturated carbocycles. The van der Waals surface area contributed by atoms with Gasteiger partial charge in [-0.15, -0.1) is 0 Å². The van der Waals surface area contributed by atoms with Gasteiger partial charge >= 0.3 is 5.97 Å². The van der Waals surface area contributed by atoms with Gasteiger partial charge in [0.15, 0.2) is 5.78 Å². The molecule has 0 N–H and O–H groups in total. The first-order chi connectivity index (χ1) is 15.8. The van der Waals surface area contributed by atoms with Crippen molar-refractivity contribution in [1.82, 2.24) is 0 Å². The second-order valence-corrected chi connectivity index (χ2v) is 9.08. The summed E-state index contributed by atoms with van der Waals surface area (Å²) in [6, 6.07) is 16.9. The normalized spacial score (nSPS) is 13.5. The van der Waals surface area contributed by atoms with Crippen molar-refractivity contribution in [3.8, 4) is 5.75 Å². The van der Waals surface area contributed by atoms with Crippen molar-refractivity contribution in [2.45, 2.75) is 59.3 Å². The Balaban J connectivity index is 2.00. The third kappa shape index (κ3) is 8.88. The molecule has 33 heavy (non-hydrogen) atoms. The van der Waals surface area contributed by atoms with Crippen LogP contribution in [-0.4, -0.2) is 25.5 Å². The summed E-state index contributed by atoms with van der Waals surface area (Å²) in [7, 11) is 1.60. The Morgan fingerprint density at radius 2 is 1.61 bits per heavy atom. The fraction of sp³-hybridized carbons (Fsp3) is 0.448. The lowest BCUT2D eigenvalue weighted by Gasteiger charge is -2.23. The predicted octanol–water partition coefficient (Wildman–Crippen LogP) is 7.00. The molecule has 4 nitrogen and oxygen atoms in total. The molecule has 0 heterocycles. The standard InChI is InChI=1S/C29H38O4/c1-21(2)10-9-11-22(3)18-19-33-28(30)20-27(24-12-7-6-8-13-24)23(4)29(31)25-14-16-26(32-5)17-15-25/h6-8,10,12-17,22-23,27H,9,11,18-20H2,1-5H3. The fourth-order valence-corrected chi connectivity index (χ4v) is 3.90. The van der Waals surface area contributed by atoms with Crippen LogP contribution >= 0.6 is 0 Å². The van der Waals surface area contributed by atoms with E-state index in [0.717, 1.165) is 24.8 Å². The Morgan fingerprint density at radius 3 is 2.21 bits per heavy atom. The van der Waals surface area contributed by atoms with E-state index in [0.29, 0.717) is 23.8 Å². The SMILES string of the molecule is COc1ccc(C(=O)C(C)C(CC(=O)OCCC(C)CCC=C(C)C)c2ccccc2)cc1. The van der Waals surface area contributed by atoms with E-state index in [2.05, 4.69) is 26.8 Å². The van der Waals surface area contributed by atoms with Crippen molar-refractivity contribution >= 4 is 11.8 Å². The van der Waals surface area contributed by atoms with Crippen LogP contribution in [0.5, 0.6) is 5.75 Å². The number of allylic oxidation sites excluding steroid dienone is 2. The molecule has 0 aromatic heterocycles. The number of ether oxygens (including phenoxy) is 2. The van der Waals surface area contributed by atoms with E-state index in [1.54, 1.807) is 31.4 Å². The van der Waals surface area contributed by atoms with Crippen LogP contribution in [-0.2, 0) is 9.53 Å². The first kappa shape index (κ1) is 26.4. The average Bonchev–Trinajstić information content (AvgIpc) is 2.82. The maximum atomic E-state index is 13.2. The number of hydrogen-bond acceptors (Lipinski definition) is 4. The van der Waals surface area contributed by atoms with E-state index < -0.39 is 0 Å². The molecule has 0 spiro atoms. The molecule has 3 atom stereocenters. The number of carbonyl (C=O) groups excluding carboxylic acids is 2. The van der Waals surface area contributed by atoms with Gasteiger partial charge in [-0.25, -0.2) is 0 Å². The van der Waals surface area contributed by atoms with E-state index in [1.165, 1.54) is 5.57 Å². The highest BCUT2D eigenvalue weighted by molar-refractivity contribution is 5.98. The van der Waals surface area contributed by atoms with Crippen LogP contribution in [0.2, 0.25) is 0 Å². The second-order valence-electron chi connectivity index (χ2n) is 9.08. The first-order valence-corrected chi connectivity index (χ1v) is 11.8. The fourth-order valence-electron chi connectivity index (χ4n) is 3.90. The molecule has 0 aliphatic carbocycles. The number of benzene rings is 2. The molecule has 3 unspecified atom stereocenters. The van der Waals surface area contributed by atoms with Crippen LogP contribution in [0.25, 0.3) is 0 Å². The number of carbonyl (C=O) groups is 2. The number of hydrogen-bond donors (Lipinski definition) is 0. The van der Waals surface area contributed by atoms with Gasteiger partial charge < -0.3 is 9.47 Å². The molecule has 0 bridgehead atoms. The van der Waals surface area contributed by atoms with Crippen LogP contribution in [0, 0.1) is 11.8 Å². The van der Waals surface area contributed by atoms with E-state index in [4.69, 9.17) is 9.47 Å². The van der Waals surface area contributed by atoms with Crippen molar-refractivity contribution in [1.29, 1.82) is 0 Å². The molecule has 0 aliphatic rings. The highest BCUT2D eigenvalue weighted by Crippen LogP contribution is 2.31. The molecule has 178 valence electrons. The number of Topliss-reactive ketones (excluding diaryl/α,β-unsaturated/α-hetero) is 1. The molecular weight excluding hydrogens is 412 g/mol. The molecule has 0 saturated heterocycles. The minimum absolute atomic E-state index is 0.00667. The van der Waals surface area contributed by atoms with Gasteiger partial charge in [0.2, 0.25) is 0 Å². The van der Waals surface area contributed by atoms with E-state index in [-0.39, 0.29) is 30.0 Å². The zero-order valence-corrected chi connectivity index (χ0v) is 20.7. The third-order valence-corrected chi connectivity index (χ3v) is 6.09. The van der Waals surface area contributed by atoms with Crippen LogP contribution in [0.15, 0.2) is 66.2 Å². The van der Waals surface area contributed by atoms with Crippen molar-refractivity contribution in [3.63, 3.8) is 0 Å². The van der Waals surface area contributed by atoms with Crippen LogP contribution < -0.4 is 4.74 Å². The molecule has 4 heteroatoms. The lowest BCUT2D eigenvalue weighted by atomic mass is 9.80. The summed E-state index contributed by atoms with van der Waals surface area (Å²) in [5, 5.41) is 0. The Morgan fingerprint density at radius 1 is 0.939 bits per heavy atom. The van der Waals surface area contributed by atoms with Crippen LogP contribution in [0.1, 0.15) is 75.2 Å². The van der Waals surface area contributed by atoms with Gasteiger partial charge in [0.05, 0.1) is 20.1 Å². The zero-order chi connectivity index (χ0) is 24.2. The molecular formula is C29H38O4. The maximum Gasteiger partial charge on any atom is 0.306 e. The van der Waals surface area contributed by atoms with Crippen LogP contribution in [0.4, 0.5) is 0 Å². The second kappa shape index (κ2) is 13.6. The molecule has 0 radical (unpaired) electrons. The smallest absolute Gasteiger partial charge is 0.306 e. The monoisotopic (exact) mass is 450 g/mol. The minimum atomic E-state index is -0.365. The quantitative estimate of drug-likeness (QED) is 0.187. The lowest BCUT2D eigenvalue weighted by molar-refractivity contribution is -0.144. The summed E-state index contributed by atoms with van der Waals surface area (Å²) in [6.07, 6.45) is 5.41. The summed E-state index contributed by atoms with van der Waals surface area (Å²) in [5.74, 6) is 0.341. The van der Waals surface area contributed by atoms with Gasteiger partial charge in [-0.1, -0.05) is 55.8 Å². The van der Waals surface area contributed by atoms with Crippen molar-refractivity contribution in [2.24, 2.45) is 11.8 Å². The summed E-state index contributed by atoms with van der Waals surface area (Å²) >= 11 is 0. The van der Waals surface area contributed by atoms with Gasteiger partial charge in [-0.2, -0.15) is 0 Å². The molecule has 2 rings (SSSR count). The lowest BCUT2D eigenvalue weighted by Crippen LogP contribution is -2.23. The maximum absolute atomic E-state index is 13.2. The highest BCUT2D eigenvalue weighted by atomic mass is 16.5. The first-order valence-electron chi connectivity index (χ1n) is 11.8. The Kier molecular flexibility index (Phi) is 10.9. The summed E-state index contributed by atoms with van der Waals surface area (Å²) in [6.45, 7) is 8.71. The number of ketones is 1. The van der Waals surface area contributed by atoms with Crippen molar-refractivity contribution < 1.29 is 19.1 Å². The largest absolute Gasteiger partial charge is 0.497 e. The Hall–Kier alpha value is -2.88. The predicted molar refractivity (Wildman–Crippen MR) is 134 cm³/mol. The van der Waals surface area contributed by atoms with E-state index >= 15 is 0 Å². The summed E-state index contributed by atoms with van der Waals surface area (Å²) in [5.41, 5.74) is 2.92. The van der Waals surface area contributed by atoms with Crippen LogP contribution in [0.3, 0.4) is 0 Å². The minimum Gasteiger partial charge on any atom is -0.497 e. The summed E-state index contributed by atoms with van der Waals surface area (Å²) in [4.78, 5) is 25.9. The van der Waals surface area contributed by atoms with Gasteiger partial charge in [0.1, 0.15) is 5.75 Å².